The lowest BCUT2D eigenvalue weighted by Crippen LogP contribution is -2.13. The van der Waals surface area contributed by atoms with Crippen LogP contribution in [0.5, 0.6) is 17.2 Å². The number of methoxy groups -OCH3 is 3. The van der Waals surface area contributed by atoms with Crippen LogP contribution in [0, 0.1) is 17.8 Å². The Labute approximate surface area is 173 Å². The predicted molar refractivity (Wildman–Crippen MR) is 115 cm³/mol. The lowest BCUT2D eigenvalue weighted by Gasteiger charge is -2.12. The summed E-state index contributed by atoms with van der Waals surface area (Å²) in [7, 11) is 4.84. The van der Waals surface area contributed by atoms with Crippen LogP contribution in [0.2, 0.25) is 0 Å². The summed E-state index contributed by atoms with van der Waals surface area (Å²) in [6.07, 6.45) is 3.81. The summed E-state index contributed by atoms with van der Waals surface area (Å²) >= 11 is 0. The molecule has 0 aliphatic rings. The van der Waals surface area contributed by atoms with E-state index in [0.29, 0.717) is 11.3 Å². The number of ether oxygens (including phenoxy) is 3. The fraction of sp³-hybridized carbons (Fsp3) is 0.375. The van der Waals surface area contributed by atoms with Gasteiger partial charge in [-0.3, -0.25) is 4.79 Å². The molecule has 2 aromatic rings. The molecule has 0 fully saturated rings. The van der Waals surface area contributed by atoms with Crippen LogP contribution < -0.4 is 19.9 Å². The van der Waals surface area contributed by atoms with Gasteiger partial charge in [0, 0.05) is 5.92 Å². The second-order valence-corrected chi connectivity index (χ2v) is 6.84. The molecule has 5 nitrogen and oxygen atoms in total. The maximum Gasteiger partial charge on any atom is 0.252 e. The number of carbonyl (C=O) groups excluding carboxylic acids is 1. The molecule has 2 aromatic carbocycles. The molecule has 154 valence electrons. The number of benzene rings is 2. The Morgan fingerprint density at radius 2 is 1.86 bits per heavy atom. The number of aryl methyl sites for hydroxylation is 1. The van der Waals surface area contributed by atoms with Crippen LogP contribution in [0.1, 0.15) is 47.7 Å². The second kappa shape index (κ2) is 11.0. The van der Waals surface area contributed by atoms with Crippen molar-refractivity contribution in [1.82, 2.24) is 0 Å². The summed E-state index contributed by atoms with van der Waals surface area (Å²) in [4.78, 5) is 11.5. The van der Waals surface area contributed by atoms with Crippen LogP contribution in [0.3, 0.4) is 0 Å². The Bertz CT molecular complexity index is 895. The van der Waals surface area contributed by atoms with Crippen molar-refractivity contribution < 1.29 is 19.0 Å². The van der Waals surface area contributed by atoms with E-state index in [1.54, 1.807) is 27.4 Å². The third-order valence-corrected chi connectivity index (χ3v) is 4.76. The number of amides is 1. The van der Waals surface area contributed by atoms with Crippen molar-refractivity contribution in [3.63, 3.8) is 0 Å². The Balaban J connectivity index is 1.92. The largest absolute Gasteiger partial charge is 0.497 e. The third-order valence-electron chi connectivity index (χ3n) is 4.76. The van der Waals surface area contributed by atoms with Gasteiger partial charge in [0.2, 0.25) is 0 Å². The van der Waals surface area contributed by atoms with Crippen molar-refractivity contribution in [3.8, 4) is 29.1 Å². The first-order valence-corrected chi connectivity index (χ1v) is 9.69. The van der Waals surface area contributed by atoms with Gasteiger partial charge in [-0.15, -0.1) is 0 Å². The highest BCUT2D eigenvalue weighted by Gasteiger charge is 2.12. The molecule has 0 spiro atoms. The predicted octanol–water partition coefficient (Wildman–Crippen LogP) is 4.21. The molecule has 5 heteroatoms. The molecule has 2 N–H and O–H groups in total. The van der Waals surface area contributed by atoms with Crippen LogP contribution in [0.4, 0.5) is 0 Å². The topological polar surface area (TPSA) is 70.8 Å². The third kappa shape index (κ3) is 6.18. The van der Waals surface area contributed by atoms with Gasteiger partial charge in [-0.1, -0.05) is 37.3 Å². The van der Waals surface area contributed by atoms with Crippen LogP contribution in [0.25, 0.3) is 0 Å². The van der Waals surface area contributed by atoms with Gasteiger partial charge in [0.1, 0.15) is 17.2 Å². The molecule has 2 rings (SSSR count). The first-order valence-electron chi connectivity index (χ1n) is 9.69. The first kappa shape index (κ1) is 22.2. The highest BCUT2D eigenvalue weighted by Crippen LogP contribution is 2.26. The minimum atomic E-state index is -0.472. The fourth-order valence-electron chi connectivity index (χ4n) is 3.17. The first-order chi connectivity index (χ1) is 14.0. The standard InChI is InChI=1S/C24H29NO4/c1-17(12-13-19-16-20(27-2)14-15-22(19)28-3)8-5-6-9-18-10-7-11-21(24(25)26)23(18)29-4/h7,10-11,14-17H,5-6,8-9H2,1-4H3,(H2,25,26). The van der Waals surface area contributed by atoms with Crippen LogP contribution >= 0.6 is 0 Å². The average Bonchev–Trinajstić information content (AvgIpc) is 2.74. The van der Waals surface area contributed by atoms with Crippen molar-refractivity contribution in [3.05, 3.63) is 53.1 Å². The number of unbranched alkanes of at least 4 members (excludes halogenated alkanes) is 1. The normalized spacial score (nSPS) is 11.2. The number of carbonyl (C=O) groups is 1. The SMILES string of the molecule is COc1ccc(OC)c(C#CC(C)CCCCc2cccc(C(N)=O)c2OC)c1. The zero-order chi connectivity index (χ0) is 21.2. The molecule has 0 saturated heterocycles. The van der Waals surface area contributed by atoms with Gasteiger partial charge >= 0.3 is 0 Å². The second-order valence-electron chi connectivity index (χ2n) is 6.84. The van der Waals surface area contributed by atoms with Gasteiger partial charge in [-0.25, -0.2) is 0 Å². The van der Waals surface area contributed by atoms with Crippen molar-refractivity contribution in [2.45, 2.75) is 32.6 Å². The van der Waals surface area contributed by atoms with Crippen molar-refractivity contribution >= 4 is 5.91 Å². The van der Waals surface area contributed by atoms with E-state index in [1.807, 2.05) is 30.3 Å². The molecular weight excluding hydrogens is 366 g/mol. The van der Waals surface area contributed by atoms with Crippen molar-refractivity contribution in [2.24, 2.45) is 11.7 Å². The Morgan fingerprint density at radius 3 is 2.52 bits per heavy atom. The van der Waals surface area contributed by atoms with E-state index in [0.717, 1.165) is 48.3 Å². The van der Waals surface area contributed by atoms with E-state index in [9.17, 15) is 4.79 Å². The minimum absolute atomic E-state index is 0.254. The van der Waals surface area contributed by atoms with E-state index in [2.05, 4.69) is 18.8 Å². The number of hydrogen-bond acceptors (Lipinski definition) is 4. The van der Waals surface area contributed by atoms with E-state index in [-0.39, 0.29) is 5.92 Å². The van der Waals surface area contributed by atoms with Gasteiger partial charge in [-0.05, 0) is 49.1 Å². The zero-order valence-corrected chi connectivity index (χ0v) is 17.6. The summed E-state index contributed by atoms with van der Waals surface area (Å²) in [5.74, 6) is 8.37. The van der Waals surface area contributed by atoms with Gasteiger partial charge in [0.15, 0.2) is 0 Å². The lowest BCUT2D eigenvalue weighted by molar-refractivity contribution is 0.0997. The summed E-state index contributed by atoms with van der Waals surface area (Å²) in [6, 6.07) is 11.1. The van der Waals surface area contributed by atoms with Crippen molar-refractivity contribution in [1.29, 1.82) is 0 Å². The quantitative estimate of drug-likeness (QED) is 0.510. The molecule has 0 saturated carbocycles. The molecule has 0 aliphatic carbocycles. The molecule has 0 bridgehead atoms. The highest BCUT2D eigenvalue weighted by molar-refractivity contribution is 5.96. The number of para-hydroxylation sites is 1. The molecule has 1 unspecified atom stereocenters. The number of nitrogens with two attached hydrogens (primary N) is 1. The van der Waals surface area contributed by atoms with Gasteiger partial charge < -0.3 is 19.9 Å². The number of primary amides is 1. The maximum atomic E-state index is 11.5. The number of hydrogen-bond donors (Lipinski definition) is 1. The Morgan fingerprint density at radius 1 is 1.07 bits per heavy atom. The maximum absolute atomic E-state index is 11.5. The Hall–Kier alpha value is -3.13. The van der Waals surface area contributed by atoms with E-state index >= 15 is 0 Å². The molecule has 29 heavy (non-hydrogen) atoms. The molecule has 1 atom stereocenters. The lowest BCUT2D eigenvalue weighted by atomic mass is 9.99. The van der Waals surface area contributed by atoms with Crippen molar-refractivity contribution in [2.75, 3.05) is 21.3 Å². The molecule has 0 aliphatic heterocycles. The summed E-state index contributed by atoms with van der Waals surface area (Å²) in [5.41, 5.74) is 7.68. The van der Waals surface area contributed by atoms with Crippen LogP contribution in [0.15, 0.2) is 36.4 Å². The molecule has 0 heterocycles. The zero-order valence-electron chi connectivity index (χ0n) is 17.6. The van der Waals surface area contributed by atoms with E-state index < -0.39 is 5.91 Å². The van der Waals surface area contributed by atoms with E-state index in [1.165, 1.54) is 0 Å². The fourth-order valence-corrected chi connectivity index (χ4v) is 3.17. The summed E-state index contributed by atoms with van der Waals surface area (Å²) in [5, 5.41) is 0. The van der Waals surface area contributed by atoms with Gasteiger partial charge in [0.25, 0.3) is 5.91 Å². The Kier molecular flexibility index (Phi) is 8.42. The average molecular weight is 395 g/mol. The summed E-state index contributed by atoms with van der Waals surface area (Å²) in [6.45, 7) is 2.12. The minimum Gasteiger partial charge on any atom is -0.497 e. The monoisotopic (exact) mass is 395 g/mol. The highest BCUT2D eigenvalue weighted by atomic mass is 16.5. The van der Waals surface area contributed by atoms with Crippen LogP contribution in [-0.4, -0.2) is 27.2 Å². The van der Waals surface area contributed by atoms with Gasteiger partial charge in [0.05, 0.1) is 32.5 Å². The van der Waals surface area contributed by atoms with Gasteiger partial charge in [-0.2, -0.15) is 0 Å². The molecule has 1 amide bonds. The van der Waals surface area contributed by atoms with Crippen LogP contribution in [-0.2, 0) is 6.42 Å². The number of rotatable bonds is 9. The molecule has 0 radical (unpaired) electrons. The van der Waals surface area contributed by atoms with E-state index in [4.69, 9.17) is 19.9 Å². The smallest absolute Gasteiger partial charge is 0.252 e. The molecular formula is C24H29NO4. The summed E-state index contributed by atoms with van der Waals surface area (Å²) < 4.78 is 16.0. The molecule has 0 aromatic heterocycles.